The zero-order chi connectivity index (χ0) is 13.2. The Labute approximate surface area is 116 Å². The van der Waals surface area contributed by atoms with Crippen molar-refractivity contribution < 1.29 is 9.53 Å². The number of rotatable bonds is 2. The Balaban J connectivity index is 1.95. The predicted octanol–water partition coefficient (Wildman–Crippen LogP) is 3.40. The lowest BCUT2D eigenvalue weighted by atomic mass is 9.83. The molecule has 3 nitrogen and oxygen atoms in total. The molecule has 0 aliphatic heterocycles. The highest BCUT2D eigenvalue weighted by Crippen LogP contribution is 2.38. The summed E-state index contributed by atoms with van der Waals surface area (Å²) >= 11 is 1.45. The summed E-state index contributed by atoms with van der Waals surface area (Å²) in [6, 6.07) is 8.53. The second-order valence-corrected chi connectivity index (χ2v) is 5.76. The van der Waals surface area contributed by atoms with Gasteiger partial charge in [-0.05, 0) is 30.4 Å². The lowest BCUT2D eigenvalue weighted by Gasteiger charge is -2.23. The maximum atomic E-state index is 11.5. The van der Waals surface area contributed by atoms with Crippen molar-refractivity contribution in [2.75, 3.05) is 7.11 Å². The van der Waals surface area contributed by atoms with Gasteiger partial charge in [-0.1, -0.05) is 24.3 Å². The summed E-state index contributed by atoms with van der Waals surface area (Å²) in [7, 11) is 1.40. The van der Waals surface area contributed by atoms with Crippen LogP contribution in [0.2, 0.25) is 0 Å². The first kappa shape index (κ1) is 12.4. The smallest absolute Gasteiger partial charge is 0.349 e. The van der Waals surface area contributed by atoms with Crippen LogP contribution in [-0.4, -0.2) is 18.1 Å². The zero-order valence-electron chi connectivity index (χ0n) is 10.8. The van der Waals surface area contributed by atoms with Crippen LogP contribution in [0.3, 0.4) is 0 Å². The first-order valence-corrected chi connectivity index (χ1v) is 7.23. The Morgan fingerprint density at radius 2 is 2.26 bits per heavy atom. The SMILES string of the molecule is COC(=O)c1cnc(C2CCCc3ccccc32)s1. The first-order chi connectivity index (χ1) is 9.29. The Hall–Kier alpha value is -1.68. The third-order valence-electron chi connectivity index (χ3n) is 3.58. The molecule has 1 heterocycles. The summed E-state index contributed by atoms with van der Waals surface area (Å²) in [6.07, 6.45) is 5.05. The number of aryl methyl sites for hydroxylation is 1. The molecule has 0 spiro atoms. The molecule has 0 fully saturated rings. The molecule has 3 rings (SSSR count). The highest BCUT2D eigenvalue weighted by Gasteiger charge is 2.24. The number of aromatic nitrogens is 1. The van der Waals surface area contributed by atoms with E-state index in [1.807, 2.05) is 0 Å². The third-order valence-corrected chi connectivity index (χ3v) is 4.67. The molecule has 0 saturated carbocycles. The van der Waals surface area contributed by atoms with Crippen molar-refractivity contribution >= 4 is 17.3 Å². The van der Waals surface area contributed by atoms with Crippen LogP contribution in [0.4, 0.5) is 0 Å². The van der Waals surface area contributed by atoms with Crippen molar-refractivity contribution in [3.63, 3.8) is 0 Å². The van der Waals surface area contributed by atoms with E-state index in [-0.39, 0.29) is 5.97 Å². The van der Waals surface area contributed by atoms with Gasteiger partial charge in [0, 0.05) is 5.92 Å². The number of nitrogens with zero attached hydrogens (tertiary/aromatic N) is 1. The van der Waals surface area contributed by atoms with E-state index in [2.05, 4.69) is 29.2 Å². The quantitative estimate of drug-likeness (QED) is 0.787. The Morgan fingerprint density at radius 3 is 3.11 bits per heavy atom. The predicted molar refractivity (Wildman–Crippen MR) is 74.7 cm³/mol. The number of methoxy groups -OCH3 is 1. The zero-order valence-corrected chi connectivity index (χ0v) is 11.6. The summed E-state index contributed by atoms with van der Waals surface area (Å²) in [5.74, 6) is 0.0289. The van der Waals surface area contributed by atoms with E-state index in [0.29, 0.717) is 10.8 Å². The average Bonchev–Trinajstić information content (AvgIpc) is 2.95. The number of fused-ring (bicyclic) bond motifs is 1. The van der Waals surface area contributed by atoms with Gasteiger partial charge in [-0.25, -0.2) is 9.78 Å². The van der Waals surface area contributed by atoms with E-state index in [9.17, 15) is 4.79 Å². The van der Waals surface area contributed by atoms with Crippen molar-refractivity contribution in [2.45, 2.75) is 25.2 Å². The van der Waals surface area contributed by atoms with Gasteiger partial charge in [0.15, 0.2) is 0 Å². The van der Waals surface area contributed by atoms with E-state index >= 15 is 0 Å². The Morgan fingerprint density at radius 1 is 1.42 bits per heavy atom. The van der Waals surface area contributed by atoms with Gasteiger partial charge in [0.25, 0.3) is 0 Å². The summed E-state index contributed by atoms with van der Waals surface area (Å²) < 4.78 is 4.74. The monoisotopic (exact) mass is 273 g/mol. The molecular formula is C15H15NO2S. The fraction of sp³-hybridized carbons (Fsp3) is 0.333. The molecule has 98 valence electrons. The third kappa shape index (κ3) is 2.28. The lowest BCUT2D eigenvalue weighted by Crippen LogP contribution is -2.10. The van der Waals surface area contributed by atoms with Gasteiger partial charge < -0.3 is 4.74 Å². The van der Waals surface area contributed by atoms with E-state index in [1.54, 1.807) is 6.20 Å². The molecule has 0 saturated heterocycles. The maximum absolute atomic E-state index is 11.5. The minimum absolute atomic E-state index is 0.298. The normalized spacial score (nSPS) is 17.8. The Bertz CT molecular complexity index is 606. The molecule has 1 aliphatic carbocycles. The molecule has 1 unspecified atom stereocenters. The lowest BCUT2D eigenvalue weighted by molar-refractivity contribution is 0.0606. The van der Waals surface area contributed by atoms with Crippen molar-refractivity contribution in [2.24, 2.45) is 0 Å². The summed E-state index contributed by atoms with van der Waals surface area (Å²) in [5, 5.41) is 1.02. The average molecular weight is 273 g/mol. The highest BCUT2D eigenvalue weighted by molar-refractivity contribution is 7.13. The summed E-state index contributed by atoms with van der Waals surface area (Å²) in [4.78, 5) is 16.5. The molecule has 1 aromatic carbocycles. The van der Waals surface area contributed by atoms with E-state index in [4.69, 9.17) is 4.74 Å². The molecule has 0 amide bonds. The molecule has 1 aliphatic rings. The van der Waals surface area contributed by atoms with Gasteiger partial charge in [-0.2, -0.15) is 0 Å². The molecule has 0 radical (unpaired) electrons. The number of thiazole rings is 1. The summed E-state index contributed by atoms with van der Waals surface area (Å²) in [5.41, 5.74) is 2.77. The van der Waals surface area contributed by atoms with Crippen molar-refractivity contribution in [3.8, 4) is 0 Å². The number of ether oxygens (including phenoxy) is 1. The number of carbonyl (C=O) groups excluding carboxylic acids is 1. The number of benzene rings is 1. The van der Waals surface area contributed by atoms with Gasteiger partial charge in [0.1, 0.15) is 9.88 Å². The van der Waals surface area contributed by atoms with Gasteiger partial charge in [0.2, 0.25) is 0 Å². The van der Waals surface area contributed by atoms with Gasteiger partial charge in [-0.15, -0.1) is 11.3 Å². The van der Waals surface area contributed by atoms with Gasteiger partial charge >= 0.3 is 5.97 Å². The van der Waals surface area contributed by atoms with Crippen LogP contribution in [-0.2, 0) is 11.2 Å². The fourth-order valence-corrected chi connectivity index (χ4v) is 3.64. The van der Waals surface area contributed by atoms with Crippen molar-refractivity contribution in [1.29, 1.82) is 0 Å². The van der Waals surface area contributed by atoms with Crippen LogP contribution in [0.25, 0.3) is 0 Å². The number of esters is 1. The maximum Gasteiger partial charge on any atom is 0.349 e. The molecule has 4 heteroatoms. The molecule has 2 aromatic rings. The molecule has 1 atom stereocenters. The van der Waals surface area contributed by atoms with Crippen LogP contribution < -0.4 is 0 Å². The van der Waals surface area contributed by atoms with Crippen LogP contribution in [0, 0.1) is 0 Å². The van der Waals surface area contributed by atoms with E-state index in [1.165, 1.54) is 36.0 Å². The number of hydrogen-bond acceptors (Lipinski definition) is 4. The van der Waals surface area contributed by atoms with Crippen LogP contribution in [0.1, 0.15) is 44.6 Å². The second-order valence-electron chi connectivity index (χ2n) is 4.70. The van der Waals surface area contributed by atoms with Gasteiger partial charge in [-0.3, -0.25) is 0 Å². The topological polar surface area (TPSA) is 39.2 Å². The molecule has 1 aromatic heterocycles. The van der Waals surface area contributed by atoms with Gasteiger partial charge in [0.05, 0.1) is 13.3 Å². The molecular weight excluding hydrogens is 258 g/mol. The number of hydrogen-bond donors (Lipinski definition) is 0. The van der Waals surface area contributed by atoms with E-state index in [0.717, 1.165) is 17.8 Å². The van der Waals surface area contributed by atoms with Crippen LogP contribution in [0.5, 0.6) is 0 Å². The molecule has 19 heavy (non-hydrogen) atoms. The first-order valence-electron chi connectivity index (χ1n) is 6.41. The van der Waals surface area contributed by atoms with Crippen LogP contribution in [0.15, 0.2) is 30.5 Å². The molecule has 0 bridgehead atoms. The minimum Gasteiger partial charge on any atom is -0.465 e. The molecule has 0 N–H and O–H groups in total. The Kier molecular flexibility index (Phi) is 3.34. The summed E-state index contributed by atoms with van der Waals surface area (Å²) in [6.45, 7) is 0. The number of carbonyl (C=O) groups is 1. The van der Waals surface area contributed by atoms with Crippen LogP contribution >= 0.6 is 11.3 Å². The largest absolute Gasteiger partial charge is 0.465 e. The standard InChI is InChI=1S/C15H15NO2S/c1-18-15(17)13-9-16-14(19-13)12-8-4-6-10-5-2-3-7-11(10)12/h2-3,5,7,9,12H,4,6,8H2,1H3. The fourth-order valence-electron chi connectivity index (χ4n) is 2.65. The highest BCUT2D eigenvalue weighted by atomic mass is 32.1. The van der Waals surface area contributed by atoms with Crippen molar-refractivity contribution in [3.05, 3.63) is 51.5 Å². The second kappa shape index (κ2) is 5.13. The van der Waals surface area contributed by atoms with E-state index < -0.39 is 0 Å². The van der Waals surface area contributed by atoms with Crippen molar-refractivity contribution in [1.82, 2.24) is 4.98 Å². The minimum atomic E-state index is -0.298.